The number of rotatable bonds is 6. The molecule has 0 aliphatic carbocycles. The maximum atomic E-state index is 9.55. The molecule has 2 aromatic rings. The molecule has 1 aliphatic rings. The van der Waals surface area contributed by atoms with Gasteiger partial charge in [0, 0.05) is 36.5 Å². The van der Waals surface area contributed by atoms with Gasteiger partial charge >= 0.3 is 11.9 Å². The van der Waals surface area contributed by atoms with E-state index in [1.54, 1.807) is 0 Å². The van der Waals surface area contributed by atoms with Gasteiger partial charge in [0.1, 0.15) is 0 Å². The topological polar surface area (TPSA) is 81.1 Å². The molecule has 2 aromatic carbocycles. The van der Waals surface area contributed by atoms with Gasteiger partial charge in [0.15, 0.2) is 0 Å². The molecule has 148 valence electrons. The second kappa shape index (κ2) is 10.3. The number of anilines is 2. The second-order valence-electron chi connectivity index (χ2n) is 6.75. The van der Waals surface area contributed by atoms with Gasteiger partial charge in [-0.05, 0) is 50.3 Å². The van der Waals surface area contributed by atoms with Crippen LogP contribution in [0.25, 0.3) is 0 Å². The SMILES string of the molecule is CN(C)CCCN1c2ccccc2Cc2ccccc21.O=C(O)/C=C\C(=O)O. The average Bonchev–Trinajstić information content (AvgIpc) is 2.66. The third-order valence-corrected chi connectivity index (χ3v) is 4.30. The third kappa shape index (κ3) is 6.25. The maximum absolute atomic E-state index is 9.55. The molecule has 1 aliphatic heterocycles. The van der Waals surface area contributed by atoms with Gasteiger partial charge in [-0.2, -0.15) is 0 Å². The Hall–Kier alpha value is -3.12. The van der Waals surface area contributed by atoms with Gasteiger partial charge in [0.05, 0.1) is 0 Å². The van der Waals surface area contributed by atoms with E-state index in [4.69, 9.17) is 10.2 Å². The van der Waals surface area contributed by atoms with E-state index in [0.717, 1.165) is 19.5 Å². The quantitative estimate of drug-likeness (QED) is 0.746. The van der Waals surface area contributed by atoms with Gasteiger partial charge in [0.2, 0.25) is 0 Å². The minimum absolute atomic E-state index is 0.558. The number of fused-ring (bicyclic) bond motifs is 2. The van der Waals surface area contributed by atoms with Crippen LogP contribution < -0.4 is 4.90 Å². The molecule has 28 heavy (non-hydrogen) atoms. The molecule has 0 unspecified atom stereocenters. The summed E-state index contributed by atoms with van der Waals surface area (Å²) in [5.41, 5.74) is 5.64. The Bertz CT molecular complexity index is 784. The van der Waals surface area contributed by atoms with Crippen molar-refractivity contribution in [3.05, 3.63) is 71.8 Å². The number of carboxylic acids is 2. The predicted octanol–water partition coefficient (Wildman–Crippen LogP) is 3.39. The summed E-state index contributed by atoms with van der Waals surface area (Å²) in [6.07, 6.45) is 3.34. The van der Waals surface area contributed by atoms with Crippen LogP contribution in [0.3, 0.4) is 0 Å². The van der Waals surface area contributed by atoms with E-state index in [9.17, 15) is 9.59 Å². The lowest BCUT2D eigenvalue weighted by atomic mass is 9.95. The third-order valence-electron chi connectivity index (χ3n) is 4.30. The molecule has 0 bridgehead atoms. The highest BCUT2D eigenvalue weighted by atomic mass is 16.4. The van der Waals surface area contributed by atoms with Crippen molar-refractivity contribution in [2.24, 2.45) is 0 Å². The lowest BCUT2D eigenvalue weighted by molar-refractivity contribution is -0.134. The van der Waals surface area contributed by atoms with Crippen LogP contribution in [0.4, 0.5) is 11.4 Å². The molecule has 0 atom stereocenters. The Labute approximate surface area is 165 Å². The Balaban J connectivity index is 0.000000300. The van der Waals surface area contributed by atoms with Gasteiger partial charge in [0.25, 0.3) is 0 Å². The highest BCUT2D eigenvalue weighted by molar-refractivity contribution is 5.89. The van der Waals surface area contributed by atoms with Crippen LogP contribution in [0.2, 0.25) is 0 Å². The van der Waals surface area contributed by atoms with Gasteiger partial charge in [-0.25, -0.2) is 9.59 Å². The molecular weight excluding hydrogens is 356 g/mol. The number of carbonyl (C=O) groups is 2. The molecule has 6 nitrogen and oxygen atoms in total. The summed E-state index contributed by atoms with van der Waals surface area (Å²) in [6.45, 7) is 2.20. The largest absolute Gasteiger partial charge is 0.478 e. The Morgan fingerprint density at radius 2 is 1.39 bits per heavy atom. The maximum Gasteiger partial charge on any atom is 0.328 e. The standard InChI is InChI=1S/C18H22N2.C4H4O4/c1-19(2)12-7-13-20-17-10-5-3-8-15(17)14-16-9-4-6-11-18(16)20;5-3(6)1-2-4(7)8/h3-6,8-11H,7,12-14H2,1-2H3;1-2H,(H,5,6)(H,7,8)/b;2-1-. The first-order chi connectivity index (χ1) is 13.4. The minimum Gasteiger partial charge on any atom is -0.478 e. The van der Waals surface area contributed by atoms with Crippen LogP contribution in [0.5, 0.6) is 0 Å². The van der Waals surface area contributed by atoms with Crippen molar-refractivity contribution in [3.63, 3.8) is 0 Å². The van der Waals surface area contributed by atoms with Gasteiger partial charge in [-0.15, -0.1) is 0 Å². The molecular formula is C22H26N2O4. The fourth-order valence-corrected chi connectivity index (χ4v) is 3.11. The highest BCUT2D eigenvalue weighted by Crippen LogP contribution is 2.38. The zero-order chi connectivity index (χ0) is 20.5. The Kier molecular flexibility index (Phi) is 7.77. The Morgan fingerprint density at radius 1 is 0.929 bits per heavy atom. The van der Waals surface area contributed by atoms with Crippen LogP contribution in [0, 0.1) is 0 Å². The van der Waals surface area contributed by atoms with Gasteiger partial charge in [-0.1, -0.05) is 36.4 Å². The summed E-state index contributed by atoms with van der Waals surface area (Å²) >= 11 is 0. The van der Waals surface area contributed by atoms with Crippen molar-refractivity contribution in [1.29, 1.82) is 0 Å². The van der Waals surface area contributed by atoms with Crippen molar-refractivity contribution in [2.45, 2.75) is 12.8 Å². The lowest BCUT2D eigenvalue weighted by Gasteiger charge is -2.33. The van der Waals surface area contributed by atoms with E-state index in [1.807, 2.05) is 0 Å². The van der Waals surface area contributed by atoms with Crippen molar-refractivity contribution < 1.29 is 19.8 Å². The zero-order valence-corrected chi connectivity index (χ0v) is 16.2. The van der Waals surface area contributed by atoms with Crippen LogP contribution in [0.1, 0.15) is 17.5 Å². The highest BCUT2D eigenvalue weighted by Gasteiger charge is 2.21. The summed E-state index contributed by atoms with van der Waals surface area (Å²) in [5, 5.41) is 15.6. The Morgan fingerprint density at radius 3 is 1.82 bits per heavy atom. The van der Waals surface area contributed by atoms with Gasteiger partial charge < -0.3 is 20.0 Å². The summed E-state index contributed by atoms with van der Waals surface area (Å²) in [5.74, 6) is -2.51. The molecule has 0 saturated heterocycles. The zero-order valence-electron chi connectivity index (χ0n) is 16.2. The molecule has 1 heterocycles. The summed E-state index contributed by atoms with van der Waals surface area (Å²) in [4.78, 5) is 23.8. The number of carboxylic acid groups (broad SMARTS) is 2. The van der Waals surface area contributed by atoms with E-state index in [0.29, 0.717) is 12.2 Å². The molecule has 0 amide bonds. The van der Waals surface area contributed by atoms with E-state index in [1.165, 1.54) is 28.9 Å². The first-order valence-electron chi connectivity index (χ1n) is 9.10. The fraction of sp³-hybridized carbons (Fsp3) is 0.273. The van der Waals surface area contributed by atoms with E-state index < -0.39 is 11.9 Å². The average molecular weight is 382 g/mol. The number of para-hydroxylation sites is 2. The summed E-state index contributed by atoms with van der Waals surface area (Å²) in [6, 6.07) is 17.6. The van der Waals surface area contributed by atoms with E-state index >= 15 is 0 Å². The second-order valence-corrected chi connectivity index (χ2v) is 6.75. The molecule has 2 N–H and O–H groups in total. The molecule has 6 heteroatoms. The molecule has 3 rings (SSSR count). The van der Waals surface area contributed by atoms with Crippen molar-refractivity contribution in [3.8, 4) is 0 Å². The number of benzene rings is 2. The molecule has 0 saturated carbocycles. The van der Waals surface area contributed by atoms with Crippen LogP contribution >= 0.6 is 0 Å². The van der Waals surface area contributed by atoms with Crippen molar-refractivity contribution in [2.75, 3.05) is 32.1 Å². The van der Waals surface area contributed by atoms with Crippen LogP contribution in [-0.4, -0.2) is 54.2 Å². The summed E-state index contributed by atoms with van der Waals surface area (Å²) in [7, 11) is 4.27. The smallest absolute Gasteiger partial charge is 0.328 e. The molecule has 0 spiro atoms. The van der Waals surface area contributed by atoms with Crippen LogP contribution in [0.15, 0.2) is 60.7 Å². The molecule has 0 aromatic heterocycles. The first-order valence-corrected chi connectivity index (χ1v) is 9.10. The predicted molar refractivity (Wildman–Crippen MR) is 110 cm³/mol. The minimum atomic E-state index is -1.26. The first kappa shape index (κ1) is 21.2. The number of hydrogen-bond donors (Lipinski definition) is 2. The lowest BCUT2D eigenvalue weighted by Crippen LogP contribution is -2.27. The molecule has 0 fully saturated rings. The van der Waals surface area contributed by atoms with Crippen LogP contribution in [-0.2, 0) is 16.0 Å². The molecule has 0 radical (unpaired) electrons. The number of aliphatic carboxylic acids is 2. The van der Waals surface area contributed by atoms with E-state index in [2.05, 4.69) is 72.4 Å². The van der Waals surface area contributed by atoms with Crippen molar-refractivity contribution in [1.82, 2.24) is 4.90 Å². The van der Waals surface area contributed by atoms with Crippen molar-refractivity contribution >= 4 is 23.3 Å². The number of nitrogens with zero attached hydrogens (tertiary/aromatic N) is 2. The van der Waals surface area contributed by atoms with E-state index in [-0.39, 0.29) is 0 Å². The monoisotopic (exact) mass is 382 g/mol. The fourth-order valence-electron chi connectivity index (χ4n) is 3.11. The number of hydrogen-bond acceptors (Lipinski definition) is 4. The van der Waals surface area contributed by atoms with Gasteiger partial charge in [-0.3, -0.25) is 0 Å². The summed E-state index contributed by atoms with van der Waals surface area (Å²) < 4.78 is 0. The normalized spacial score (nSPS) is 12.2.